The van der Waals surface area contributed by atoms with E-state index in [0.29, 0.717) is 22.3 Å². The summed E-state index contributed by atoms with van der Waals surface area (Å²) in [5.41, 5.74) is 0.571. The lowest BCUT2D eigenvalue weighted by Gasteiger charge is -2.31. The van der Waals surface area contributed by atoms with Gasteiger partial charge in [-0.25, -0.2) is 0 Å². The molecule has 0 saturated carbocycles. The Kier molecular flexibility index (Phi) is 6.96. The number of carbonyl (C=O) groups is 1. The smallest absolute Gasteiger partial charge is 0.238 e. The van der Waals surface area contributed by atoms with Gasteiger partial charge in [0.25, 0.3) is 0 Å². The first-order valence-electron chi connectivity index (χ1n) is 7.77. The van der Waals surface area contributed by atoms with E-state index in [9.17, 15) is 4.79 Å². The second-order valence-corrected chi connectivity index (χ2v) is 6.46. The zero-order valence-electron chi connectivity index (χ0n) is 12.9. The average Bonchev–Trinajstić information content (AvgIpc) is 2.51. The fraction of sp³-hybridized carbons (Fsp3) is 0.562. The van der Waals surface area contributed by atoms with Gasteiger partial charge in [-0.2, -0.15) is 0 Å². The van der Waals surface area contributed by atoms with Crippen LogP contribution in [0.5, 0.6) is 0 Å². The standard InChI is InChI=1S/C16H23Cl2N3O/c1-2-19-10-12-6-8-21(9-7-12)11-15(22)20-14-5-3-4-13(17)16(14)18/h3-5,12,19H,2,6-11H2,1H3,(H,20,22). The van der Waals surface area contributed by atoms with Gasteiger partial charge in [0.1, 0.15) is 0 Å². The van der Waals surface area contributed by atoms with E-state index < -0.39 is 0 Å². The summed E-state index contributed by atoms with van der Waals surface area (Å²) in [4.78, 5) is 14.3. The van der Waals surface area contributed by atoms with Crippen LogP contribution in [0.25, 0.3) is 0 Å². The molecule has 0 unspecified atom stereocenters. The van der Waals surface area contributed by atoms with Gasteiger partial charge < -0.3 is 10.6 Å². The van der Waals surface area contributed by atoms with Crippen LogP contribution in [0.3, 0.4) is 0 Å². The van der Waals surface area contributed by atoms with Gasteiger partial charge in [-0.05, 0) is 57.1 Å². The number of likely N-dealkylation sites (tertiary alicyclic amines) is 1. The Morgan fingerprint density at radius 3 is 2.73 bits per heavy atom. The van der Waals surface area contributed by atoms with Gasteiger partial charge in [-0.15, -0.1) is 0 Å². The molecule has 1 aromatic carbocycles. The van der Waals surface area contributed by atoms with Crippen molar-refractivity contribution in [3.63, 3.8) is 0 Å². The Labute approximate surface area is 142 Å². The molecule has 22 heavy (non-hydrogen) atoms. The molecule has 1 amide bonds. The van der Waals surface area contributed by atoms with Crippen LogP contribution in [0, 0.1) is 5.92 Å². The van der Waals surface area contributed by atoms with E-state index in [4.69, 9.17) is 23.2 Å². The zero-order chi connectivity index (χ0) is 15.9. The van der Waals surface area contributed by atoms with Crippen LogP contribution in [0.2, 0.25) is 10.0 Å². The van der Waals surface area contributed by atoms with Crippen LogP contribution >= 0.6 is 23.2 Å². The molecule has 0 aromatic heterocycles. The summed E-state index contributed by atoms with van der Waals surface area (Å²) in [6.07, 6.45) is 2.27. The molecule has 0 atom stereocenters. The highest BCUT2D eigenvalue weighted by Gasteiger charge is 2.20. The first-order valence-corrected chi connectivity index (χ1v) is 8.52. The van der Waals surface area contributed by atoms with E-state index >= 15 is 0 Å². The lowest BCUT2D eigenvalue weighted by atomic mass is 9.97. The highest BCUT2D eigenvalue weighted by Crippen LogP contribution is 2.29. The molecule has 0 radical (unpaired) electrons. The minimum Gasteiger partial charge on any atom is -0.324 e. The van der Waals surface area contributed by atoms with Crippen LogP contribution < -0.4 is 10.6 Å². The van der Waals surface area contributed by atoms with E-state index in [1.807, 2.05) is 0 Å². The Morgan fingerprint density at radius 1 is 1.32 bits per heavy atom. The quantitative estimate of drug-likeness (QED) is 0.833. The molecule has 1 aliphatic heterocycles. The molecule has 0 aliphatic carbocycles. The maximum Gasteiger partial charge on any atom is 0.238 e. The minimum absolute atomic E-state index is 0.0469. The number of nitrogens with zero attached hydrogens (tertiary/aromatic N) is 1. The monoisotopic (exact) mass is 343 g/mol. The number of nitrogens with one attached hydrogen (secondary N) is 2. The molecule has 1 aromatic rings. The van der Waals surface area contributed by atoms with E-state index in [-0.39, 0.29) is 5.91 Å². The fourth-order valence-corrected chi connectivity index (χ4v) is 3.04. The molecule has 2 rings (SSSR count). The fourth-order valence-electron chi connectivity index (χ4n) is 2.69. The molecule has 1 saturated heterocycles. The largest absolute Gasteiger partial charge is 0.324 e. The number of piperidine rings is 1. The number of rotatable bonds is 6. The van der Waals surface area contributed by atoms with E-state index in [1.54, 1.807) is 18.2 Å². The molecular formula is C16H23Cl2N3O. The Hall–Kier alpha value is -0.810. The van der Waals surface area contributed by atoms with Crippen molar-refractivity contribution in [2.45, 2.75) is 19.8 Å². The second-order valence-electron chi connectivity index (χ2n) is 5.68. The van der Waals surface area contributed by atoms with Crippen molar-refractivity contribution in [2.75, 3.05) is 38.0 Å². The van der Waals surface area contributed by atoms with Crippen molar-refractivity contribution >= 4 is 34.8 Å². The third-order valence-electron chi connectivity index (χ3n) is 3.98. The van der Waals surface area contributed by atoms with Gasteiger partial charge in [0, 0.05) is 0 Å². The average molecular weight is 344 g/mol. The normalized spacial score (nSPS) is 16.7. The van der Waals surface area contributed by atoms with Crippen molar-refractivity contribution < 1.29 is 4.79 Å². The highest BCUT2D eigenvalue weighted by atomic mass is 35.5. The van der Waals surface area contributed by atoms with Crippen LogP contribution in [0.4, 0.5) is 5.69 Å². The van der Waals surface area contributed by atoms with Crippen LogP contribution in [-0.2, 0) is 4.79 Å². The summed E-state index contributed by atoms with van der Waals surface area (Å²) in [6.45, 7) is 6.55. The number of halogens is 2. The predicted octanol–water partition coefficient (Wildman–Crippen LogP) is 3.25. The summed E-state index contributed by atoms with van der Waals surface area (Å²) in [5, 5.41) is 7.07. The van der Waals surface area contributed by atoms with Crippen molar-refractivity contribution in [1.82, 2.24) is 10.2 Å². The first kappa shape index (κ1) is 17.5. The van der Waals surface area contributed by atoms with Gasteiger partial charge in [0.15, 0.2) is 0 Å². The number of anilines is 1. The van der Waals surface area contributed by atoms with Gasteiger partial charge in [-0.3, -0.25) is 9.69 Å². The number of benzene rings is 1. The van der Waals surface area contributed by atoms with E-state index in [2.05, 4.69) is 22.5 Å². The second kappa shape index (κ2) is 8.73. The summed E-state index contributed by atoms with van der Waals surface area (Å²) in [5.74, 6) is 0.677. The van der Waals surface area contributed by atoms with Crippen LogP contribution in [0.1, 0.15) is 19.8 Å². The van der Waals surface area contributed by atoms with E-state index in [1.165, 1.54) is 0 Å². The summed E-state index contributed by atoms with van der Waals surface area (Å²) in [7, 11) is 0. The molecule has 0 bridgehead atoms. The predicted molar refractivity (Wildman–Crippen MR) is 92.8 cm³/mol. The van der Waals surface area contributed by atoms with Crippen LogP contribution in [0.15, 0.2) is 18.2 Å². The number of amides is 1. The maximum absolute atomic E-state index is 12.1. The topological polar surface area (TPSA) is 44.4 Å². The molecule has 6 heteroatoms. The summed E-state index contributed by atoms with van der Waals surface area (Å²) >= 11 is 12.0. The number of hydrogen-bond donors (Lipinski definition) is 2. The minimum atomic E-state index is -0.0469. The summed E-state index contributed by atoms with van der Waals surface area (Å²) < 4.78 is 0. The lowest BCUT2D eigenvalue weighted by Crippen LogP contribution is -2.41. The molecule has 1 fully saturated rings. The molecule has 4 nitrogen and oxygen atoms in total. The molecule has 1 heterocycles. The van der Waals surface area contributed by atoms with Crippen molar-refractivity contribution in [3.8, 4) is 0 Å². The Balaban J connectivity index is 1.77. The molecular weight excluding hydrogens is 321 g/mol. The Morgan fingerprint density at radius 2 is 2.05 bits per heavy atom. The SMILES string of the molecule is CCNCC1CCN(CC(=O)Nc2cccc(Cl)c2Cl)CC1. The lowest BCUT2D eigenvalue weighted by molar-refractivity contribution is -0.117. The number of carbonyl (C=O) groups excluding carboxylic acids is 1. The van der Waals surface area contributed by atoms with E-state index in [0.717, 1.165) is 44.9 Å². The zero-order valence-corrected chi connectivity index (χ0v) is 14.4. The molecule has 122 valence electrons. The van der Waals surface area contributed by atoms with Crippen molar-refractivity contribution in [1.29, 1.82) is 0 Å². The Bertz CT molecular complexity index is 502. The molecule has 0 spiro atoms. The first-order chi connectivity index (χ1) is 10.6. The van der Waals surface area contributed by atoms with Crippen molar-refractivity contribution in [3.05, 3.63) is 28.2 Å². The third kappa shape index (κ3) is 5.13. The third-order valence-corrected chi connectivity index (χ3v) is 4.80. The maximum atomic E-state index is 12.1. The van der Waals surface area contributed by atoms with Gasteiger partial charge in [-0.1, -0.05) is 36.2 Å². The van der Waals surface area contributed by atoms with Crippen molar-refractivity contribution in [2.24, 2.45) is 5.92 Å². The van der Waals surface area contributed by atoms with Crippen LogP contribution in [-0.4, -0.2) is 43.5 Å². The molecule has 2 N–H and O–H groups in total. The van der Waals surface area contributed by atoms with Gasteiger partial charge in [0.05, 0.1) is 22.3 Å². The number of hydrogen-bond acceptors (Lipinski definition) is 3. The summed E-state index contributed by atoms with van der Waals surface area (Å²) in [6, 6.07) is 5.24. The highest BCUT2D eigenvalue weighted by molar-refractivity contribution is 6.43. The van der Waals surface area contributed by atoms with Gasteiger partial charge >= 0.3 is 0 Å². The molecule has 1 aliphatic rings. The van der Waals surface area contributed by atoms with Gasteiger partial charge in [0.2, 0.25) is 5.91 Å².